The molecule has 1 aliphatic carbocycles. The van der Waals surface area contributed by atoms with E-state index in [0.717, 1.165) is 6.42 Å². The van der Waals surface area contributed by atoms with E-state index in [0.29, 0.717) is 12.1 Å². The molecular formula is C18H21NO2. The van der Waals surface area contributed by atoms with Crippen molar-refractivity contribution in [2.75, 3.05) is 13.6 Å². The van der Waals surface area contributed by atoms with E-state index in [9.17, 15) is 0 Å². The molecular weight excluding hydrogens is 262 g/mol. The number of likely N-dealkylation sites (N-methyl/N-ethyl adjacent to an activating group) is 1. The van der Waals surface area contributed by atoms with E-state index in [1.54, 1.807) is 5.56 Å². The van der Waals surface area contributed by atoms with Gasteiger partial charge in [0.15, 0.2) is 0 Å². The number of hydrogen-bond acceptors (Lipinski definition) is 3. The minimum absolute atomic E-state index is 0.0291. The van der Waals surface area contributed by atoms with Crippen LogP contribution in [0.2, 0.25) is 0 Å². The van der Waals surface area contributed by atoms with E-state index in [1.807, 2.05) is 0 Å². The van der Waals surface area contributed by atoms with E-state index >= 15 is 0 Å². The number of nitrogens with zero attached hydrogens (tertiary/aromatic N) is 1. The van der Waals surface area contributed by atoms with Crippen molar-refractivity contribution in [1.82, 2.24) is 4.90 Å². The molecule has 5 atom stereocenters. The first kappa shape index (κ1) is 11.5. The molecule has 3 nitrogen and oxygen atoms in total. The van der Waals surface area contributed by atoms with Gasteiger partial charge in [0.05, 0.1) is 17.1 Å². The molecule has 21 heavy (non-hydrogen) atoms. The van der Waals surface area contributed by atoms with Gasteiger partial charge < -0.3 is 14.4 Å². The van der Waals surface area contributed by atoms with Gasteiger partial charge in [0, 0.05) is 11.6 Å². The van der Waals surface area contributed by atoms with Crippen LogP contribution in [-0.4, -0.2) is 42.3 Å². The van der Waals surface area contributed by atoms with Gasteiger partial charge in [0.25, 0.3) is 0 Å². The van der Waals surface area contributed by atoms with Crippen molar-refractivity contribution in [2.24, 2.45) is 0 Å². The van der Waals surface area contributed by atoms with Crippen molar-refractivity contribution in [1.29, 1.82) is 0 Å². The Balaban J connectivity index is 1.74. The highest BCUT2D eigenvalue weighted by molar-refractivity contribution is 5.61. The van der Waals surface area contributed by atoms with Crippen molar-refractivity contribution >= 4 is 0 Å². The predicted octanol–water partition coefficient (Wildman–Crippen LogP) is 2.19. The third-order valence-electron chi connectivity index (χ3n) is 7.21. The van der Waals surface area contributed by atoms with Gasteiger partial charge in [-0.15, -0.1) is 0 Å². The van der Waals surface area contributed by atoms with Gasteiger partial charge in [-0.05, 0) is 57.3 Å². The average Bonchev–Trinajstić information content (AvgIpc) is 3.11. The molecule has 2 spiro atoms. The smallest absolute Gasteiger partial charge is 0.137 e. The Morgan fingerprint density at radius 2 is 2.19 bits per heavy atom. The number of benzene rings is 1. The molecule has 4 aliphatic heterocycles. The lowest BCUT2D eigenvalue weighted by Crippen LogP contribution is -2.70. The molecule has 110 valence electrons. The lowest BCUT2D eigenvalue weighted by molar-refractivity contribution is -0.115. The predicted molar refractivity (Wildman–Crippen MR) is 78.9 cm³/mol. The molecule has 4 heterocycles. The Hall–Kier alpha value is -1.06. The first-order valence-electron chi connectivity index (χ1n) is 8.35. The Morgan fingerprint density at radius 3 is 3.10 bits per heavy atom. The number of aryl methyl sites for hydroxylation is 1. The molecule has 5 aliphatic rings. The topological polar surface area (TPSA) is 21.7 Å². The zero-order chi connectivity index (χ0) is 14.0. The maximum atomic E-state index is 6.68. The summed E-state index contributed by atoms with van der Waals surface area (Å²) >= 11 is 0. The van der Waals surface area contributed by atoms with E-state index in [1.165, 1.54) is 42.7 Å². The van der Waals surface area contributed by atoms with Gasteiger partial charge in [0.1, 0.15) is 11.9 Å². The van der Waals surface area contributed by atoms with E-state index < -0.39 is 0 Å². The summed E-state index contributed by atoms with van der Waals surface area (Å²) in [6.45, 7) is 3.37. The van der Waals surface area contributed by atoms with E-state index in [4.69, 9.17) is 9.47 Å². The standard InChI is InChI=1S/C18H21NO2/c1-10-3-4-11-9-13-18-6-5-12(21-18)16-17(18,7-8-19(13)2)14(11)15(10)20-16/h3-4,12-13,16H,5-9H2,1-2H3/t12-,13+,16-,17-,18?/m1/s1. The van der Waals surface area contributed by atoms with Gasteiger partial charge in [-0.2, -0.15) is 0 Å². The number of piperidine rings is 1. The Bertz CT molecular complexity index is 686. The molecule has 1 aromatic carbocycles. The SMILES string of the molecule is Cc1ccc2c3c1O[C@@H]1[C@H]4CCC5(O4)[C@H](C2)N(C)CC[C@@]315. The average molecular weight is 283 g/mol. The third-order valence-corrected chi connectivity index (χ3v) is 7.21. The third kappa shape index (κ3) is 0.942. The van der Waals surface area contributed by atoms with Crippen LogP contribution in [0.5, 0.6) is 5.75 Å². The van der Waals surface area contributed by atoms with Gasteiger partial charge in [-0.1, -0.05) is 12.1 Å². The highest BCUT2D eigenvalue weighted by Gasteiger charge is 2.78. The van der Waals surface area contributed by atoms with Gasteiger partial charge >= 0.3 is 0 Å². The Morgan fingerprint density at radius 1 is 1.29 bits per heavy atom. The molecule has 0 N–H and O–H groups in total. The molecule has 3 heteroatoms. The summed E-state index contributed by atoms with van der Waals surface area (Å²) in [5.74, 6) is 1.21. The van der Waals surface area contributed by atoms with Gasteiger partial charge in [0.2, 0.25) is 0 Å². The summed E-state index contributed by atoms with van der Waals surface area (Å²) in [7, 11) is 2.28. The molecule has 6 rings (SSSR count). The van der Waals surface area contributed by atoms with Crippen LogP contribution < -0.4 is 4.74 Å². The second-order valence-electron chi connectivity index (χ2n) is 7.79. The number of ether oxygens (including phenoxy) is 2. The van der Waals surface area contributed by atoms with Crippen LogP contribution in [0.1, 0.15) is 36.0 Å². The molecule has 4 bridgehead atoms. The summed E-state index contributed by atoms with van der Waals surface area (Å²) in [5, 5.41) is 0. The van der Waals surface area contributed by atoms with Crippen LogP contribution in [0.3, 0.4) is 0 Å². The summed E-state index contributed by atoms with van der Waals surface area (Å²) in [4.78, 5) is 2.55. The molecule has 0 radical (unpaired) electrons. The monoisotopic (exact) mass is 283 g/mol. The van der Waals surface area contributed by atoms with Crippen LogP contribution >= 0.6 is 0 Å². The van der Waals surface area contributed by atoms with Crippen molar-refractivity contribution in [3.63, 3.8) is 0 Å². The maximum absolute atomic E-state index is 6.68. The van der Waals surface area contributed by atoms with Gasteiger partial charge in [-0.25, -0.2) is 0 Å². The van der Waals surface area contributed by atoms with Crippen molar-refractivity contribution in [3.8, 4) is 5.75 Å². The first-order chi connectivity index (χ1) is 10.2. The normalized spacial score (nSPS) is 48.4. The lowest BCUT2D eigenvalue weighted by Gasteiger charge is -2.58. The van der Waals surface area contributed by atoms with Crippen molar-refractivity contribution in [2.45, 2.75) is 61.9 Å². The summed E-state index contributed by atoms with van der Waals surface area (Å²) in [5.41, 5.74) is 4.56. The van der Waals surface area contributed by atoms with Crippen molar-refractivity contribution in [3.05, 3.63) is 28.8 Å². The summed E-state index contributed by atoms with van der Waals surface area (Å²) in [6, 6.07) is 5.14. The van der Waals surface area contributed by atoms with E-state index in [-0.39, 0.29) is 17.1 Å². The second kappa shape index (κ2) is 3.16. The highest BCUT2D eigenvalue weighted by Crippen LogP contribution is 2.70. The number of hydrogen-bond donors (Lipinski definition) is 0. The summed E-state index contributed by atoms with van der Waals surface area (Å²) < 4.78 is 13.2. The highest BCUT2D eigenvalue weighted by atomic mass is 16.6. The minimum atomic E-state index is 0.0291. The fourth-order valence-electron chi connectivity index (χ4n) is 6.46. The first-order valence-corrected chi connectivity index (χ1v) is 8.35. The maximum Gasteiger partial charge on any atom is 0.137 e. The zero-order valence-electron chi connectivity index (χ0n) is 12.7. The number of likely N-dealkylation sites (tertiary alicyclic amines) is 1. The van der Waals surface area contributed by atoms with Crippen LogP contribution in [0.4, 0.5) is 0 Å². The van der Waals surface area contributed by atoms with E-state index in [2.05, 4.69) is 31.0 Å². The number of fused-ring (bicyclic) bond motifs is 2. The van der Waals surface area contributed by atoms with Crippen LogP contribution in [0.15, 0.2) is 12.1 Å². The largest absolute Gasteiger partial charge is 0.486 e. The quantitative estimate of drug-likeness (QED) is 0.728. The minimum Gasteiger partial charge on any atom is -0.486 e. The van der Waals surface area contributed by atoms with Crippen molar-refractivity contribution < 1.29 is 9.47 Å². The van der Waals surface area contributed by atoms with Crippen LogP contribution in [0.25, 0.3) is 0 Å². The lowest BCUT2D eigenvalue weighted by atomic mass is 9.51. The van der Waals surface area contributed by atoms with Crippen LogP contribution in [0, 0.1) is 6.92 Å². The molecule has 1 aromatic rings. The molecule has 1 unspecified atom stereocenters. The van der Waals surface area contributed by atoms with Gasteiger partial charge in [-0.3, -0.25) is 0 Å². The molecule has 0 aromatic heterocycles. The second-order valence-corrected chi connectivity index (χ2v) is 7.79. The molecule has 3 saturated heterocycles. The fourth-order valence-corrected chi connectivity index (χ4v) is 6.46. The Kier molecular flexibility index (Phi) is 1.73. The number of rotatable bonds is 0. The molecule has 3 fully saturated rings. The molecule has 0 amide bonds. The van der Waals surface area contributed by atoms with Crippen LogP contribution in [-0.2, 0) is 16.6 Å². The molecule has 0 saturated carbocycles. The summed E-state index contributed by atoms with van der Waals surface area (Å²) in [6.07, 6.45) is 5.32. The fraction of sp³-hybridized carbons (Fsp3) is 0.667. The zero-order valence-corrected chi connectivity index (χ0v) is 12.7. The Labute approximate surface area is 125 Å².